The van der Waals surface area contributed by atoms with E-state index in [4.69, 9.17) is 4.74 Å². The molecule has 1 aliphatic heterocycles. The third-order valence-corrected chi connectivity index (χ3v) is 4.47. The zero-order valence-corrected chi connectivity index (χ0v) is 12.1. The van der Waals surface area contributed by atoms with Crippen LogP contribution in [0.5, 0.6) is 0 Å². The normalized spacial score (nSPS) is 30.0. The fourth-order valence-corrected chi connectivity index (χ4v) is 3.54. The van der Waals surface area contributed by atoms with Gasteiger partial charge in [-0.05, 0) is 31.6 Å². The molecule has 2 fully saturated rings. The Morgan fingerprint density at radius 3 is 2.68 bits per heavy atom. The number of hydrogen-bond acceptors (Lipinski definition) is 3. The largest absolute Gasteiger partial charge is 0.464 e. The van der Waals surface area contributed by atoms with E-state index in [9.17, 15) is 9.59 Å². The minimum Gasteiger partial charge on any atom is -0.464 e. The number of unbranched alkanes of at least 4 members (excludes halogenated alkanes) is 1. The summed E-state index contributed by atoms with van der Waals surface area (Å²) in [6.07, 6.45) is 7.30. The maximum Gasteiger partial charge on any atom is 0.328 e. The minimum absolute atomic E-state index is 0.0202. The van der Waals surface area contributed by atoms with Gasteiger partial charge in [0.1, 0.15) is 6.04 Å². The van der Waals surface area contributed by atoms with Gasteiger partial charge in [-0.3, -0.25) is 4.79 Å². The van der Waals surface area contributed by atoms with E-state index in [2.05, 4.69) is 6.92 Å². The van der Waals surface area contributed by atoms with Crippen LogP contribution in [0.3, 0.4) is 0 Å². The number of carbonyl (C=O) groups excluding carboxylic acids is 2. The van der Waals surface area contributed by atoms with Gasteiger partial charge in [0.2, 0.25) is 5.91 Å². The van der Waals surface area contributed by atoms with Crippen molar-refractivity contribution in [1.29, 1.82) is 0 Å². The van der Waals surface area contributed by atoms with Crippen molar-refractivity contribution in [1.82, 2.24) is 4.90 Å². The maximum atomic E-state index is 12.2. The molecule has 2 aliphatic rings. The Morgan fingerprint density at radius 1 is 1.26 bits per heavy atom. The number of nitrogens with zero attached hydrogens (tertiary/aromatic N) is 1. The summed E-state index contributed by atoms with van der Waals surface area (Å²) in [6, 6.07) is -0.0579. The van der Waals surface area contributed by atoms with Crippen LogP contribution in [0.2, 0.25) is 0 Å². The highest BCUT2D eigenvalue weighted by atomic mass is 16.5. The molecule has 0 aromatic heterocycles. The third-order valence-electron chi connectivity index (χ3n) is 4.47. The highest BCUT2D eigenvalue weighted by molar-refractivity contribution is 5.84. The van der Waals surface area contributed by atoms with Crippen molar-refractivity contribution < 1.29 is 14.3 Å². The van der Waals surface area contributed by atoms with Gasteiger partial charge in [0, 0.05) is 13.0 Å². The molecule has 1 saturated heterocycles. The minimum atomic E-state index is -0.331. The van der Waals surface area contributed by atoms with Crippen LogP contribution in [-0.4, -0.2) is 35.5 Å². The van der Waals surface area contributed by atoms with Crippen molar-refractivity contribution in [2.45, 2.75) is 70.9 Å². The Morgan fingerprint density at radius 2 is 2.00 bits per heavy atom. The lowest BCUT2D eigenvalue weighted by molar-refractivity contribution is -0.154. The summed E-state index contributed by atoms with van der Waals surface area (Å²) in [4.78, 5) is 25.8. The van der Waals surface area contributed by atoms with Gasteiger partial charge in [-0.1, -0.05) is 26.2 Å². The van der Waals surface area contributed by atoms with Crippen LogP contribution < -0.4 is 0 Å². The first-order valence-electron chi connectivity index (χ1n) is 7.60. The van der Waals surface area contributed by atoms with Crippen LogP contribution in [0, 0.1) is 5.92 Å². The fourth-order valence-electron chi connectivity index (χ4n) is 3.54. The van der Waals surface area contributed by atoms with Crippen molar-refractivity contribution in [3.05, 3.63) is 0 Å². The Kier molecular flexibility index (Phi) is 4.83. The second-order valence-electron chi connectivity index (χ2n) is 5.81. The number of esters is 1. The number of rotatable bonds is 4. The molecule has 0 aromatic carbocycles. The Bertz CT molecular complexity index is 342. The molecule has 3 unspecified atom stereocenters. The predicted octanol–water partition coefficient (Wildman–Crippen LogP) is 2.51. The number of carbonyl (C=O) groups is 2. The van der Waals surface area contributed by atoms with E-state index in [0.29, 0.717) is 12.5 Å². The van der Waals surface area contributed by atoms with Crippen molar-refractivity contribution in [3.8, 4) is 0 Å². The van der Waals surface area contributed by atoms with Crippen LogP contribution in [0.25, 0.3) is 0 Å². The predicted molar refractivity (Wildman–Crippen MR) is 72.5 cm³/mol. The molecular formula is C15H25NO3. The van der Waals surface area contributed by atoms with Crippen molar-refractivity contribution in [2.24, 2.45) is 5.92 Å². The number of fused-ring (bicyclic) bond motifs is 1. The molecule has 1 aliphatic carbocycles. The average molecular weight is 267 g/mol. The summed E-state index contributed by atoms with van der Waals surface area (Å²) in [5, 5.41) is 0. The average Bonchev–Trinajstić information content (AvgIpc) is 2.78. The second kappa shape index (κ2) is 6.40. The zero-order chi connectivity index (χ0) is 13.8. The Hall–Kier alpha value is -1.06. The van der Waals surface area contributed by atoms with Crippen LogP contribution in [0.4, 0.5) is 0 Å². The topological polar surface area (TPSA) is 46.6 Å². The molecule has 4 nitrogen and oxygen atoms in total. The first kappa shape index (κ1) is 14.4. The number of ether oxygens (including phenoxy) is 1. The molecule has 3 atom stereocenters. The lowest BCUT2D eigenvalue weighted by Gasteiger charge is -2.32. The van der Waals surface area contributed by atoms with Gasteiger partial charge in [0.25, 0.3) is 0 Å². The molecule has 0 aromatic rings. The first-order valence-corrected chi connectivity index (χ1v) is 7.60. The van der Waals surface area contributed by atoms with Crippen molar-refractivity contribution in [2.75, 3.05) is 6.61 Å². The molecule has 19 heavy (non-hydrogen) atoms. The number of amides is 1. The fraction of sp³-hybridized carbons (Fsp3) is 0.867. The quantitative estimate of drug-likeness (QED) is 0.581. The molecule has 0 bridgehead atoms. The zero-order valence-electron chi connectivity index (χ0n) is 12.1. The highest BCUT2D eigenvalue weighted by Crippen LogP contribution is 2.40. The second-order valence-corrected chi connectivity index (χ2v) is 5.81. The standard InChI is InChI=1S/C15H25NO3/c1-3-4-9-19-15(18)14-10-12-7-5-6-8-13(12)16(14)11(2)17/h12-14H,3-10H2,1-2H3. The molecule has 1 saturated carbocycles. The summed E-state index contributed by atoms with van der Waals surface area (Å²) in [5.74, 6) is 0.325. The molecular weight excluding hydrogens is 242 g/mol. The van der Waals surface area contributed by atoms with Gasteiger partial charge in [-0.25, -0.2) is 4.79 Å². The van der Waals surface area contributed by atoms with Crippen molar-refractivity contribution >= 4 is 11.9 Å². The van der Waals surface area contributed by atoms with E-state index in [1.165, 1.54) is 12.8 Å². The van der Waals surface area contributed by atoms with E-state index in [1.807, 2.05) is 0 Å². The van der Waals surface area contributed by atoms with Crippen LogP contribution >= 0.6 is 0 Å². The van der Waals surface area contributed by atoms with Gasteiger partial charge in [-0.2, -0.15) is 0 Å². The first-order chi connectivity index (χ1) is 9.15. The van der Waals surface area contributed by atoms with Gasteiger partial charge in [0.15, 0.2) is 0 Å². The molecule has 1 amide bonds. The lowest BCUT2D eigenvalue weighted by Crippen LogP contribution is -2.45. The monoisotopic (exact) mass is 267 g/mol. The van der Waals surface area contributed by atoms with Gasteiger partial charge in [-0.15, -0.1) is 0 Å². The smallest absolute Gasteiger partial charge is 0.328 e. The molecule has 0 spiro atoms. The molecule has 108 valence electrons. The number of hydrogen-bond donors (Lipinski definition) is 0. The van der Waals surface area contributed by atoms with Crippen molar-refractivity contribution in [3.63, 3.8) is 0 Å². The van der Waals surface area contributed by atoms with Gasteiger partial charge >= 0.3 is 5.97 Å². The Balaban J connectivity index is 2.01. The summed E-state index contributed by atoms with van der Waals surface area (Å²) in [6.45, 7) is 4.12. The van der Waals surface area contributed by atoms with Gasteiger partial charge in [0.05, 0.1) is 6.61 Å². The van der Waals surface area contributed by atoms with E-state index in [-0.39, 0.29) is 24.0 Å². The summed E-state index contributed by atoms with van der Waals surface area (Å²) in [5.41, 5.74) is 0. The summed E-state index contributed by atoms with van der Waals surface area (Å²) < 4.78 is 5.32. The number of likely N-dealkylation sites (tertiary alicyclic amines) is 1. The molecule has 1 heterocycles. The van der Waals surface area contributed by atoms with E-state index < -0.39 is 0 Å². The summed E-state index contributed by atoms with van der Waals surface area (Å²) >= 11 is 0. The molecule has 2 rings (SSSR count). The highest BCUT2D eigenvalue weighted by Gasteiger charge is 2.46. The van der Waals surface area contributed by atoms with E-state index in [0.717, 1.165) is 32.1 Å². The molecule has 4 heteroatoms. The van der Waals surface area contributed by atoms with Crippen LogP contribution in [0.1, 0.15) is 58.8 Å². The SMILES string of the molecule is CCCCOC(=O)C1CC2CCCCC2N1C(C)=O. The third kappa shape index (κ3) is 3.10. The van der Waals surface area contributed by atoms with Crippen LogP contribution in [-0.2, 0) is 14.3 Å². The maximum absolute atomic E-state index is 12.2. The summed E-state index contributed by atoms with van der Waals surface area (Å²) in [7, 11) is 0. The van der Waals surface area contributed by atoms with E-state index in [1.54, 1.807) is 11.8 Å². The Labute approximate surface area is 115 Å². The van der Waals surface area contributed by atoms with E-state index >= 15 is 0 Å². The van der Waals surface area contributed by atoms with Crippen LogP contribution in [0.15, 0.2) is 0 Å². The molecule has 0 radical (unpaired) electrons. The molecule has 0 N–H and O–H groups in total. The lowest BCUT2D eigenvalue weighted by atomic mass is 9.85. The van der Waals surface area contributed by atoms with Gasteiger partial charge < -0.3 is 9.64 Å².